The van der Waals surface area contributed by atoms with E-state index in [4.69, 9.17) is 27.9 Å². The van der Waals surface area contributed by atoms with Gasteiger partial charge in [-0.15, -0.1) is 0 Å². The lowest BCUT2D eigenvalue weighted by Crippen LogP contribution is -2.29. The fraction of sp³-hybridized carbons (Fsp3) is 0.185. The van der Waals surface area contributed by atoms with Crippen molar-refractivity contribution in [2.45, 2.75) is 32.9 Å². The first-order valence-electron chi connectivity index (χ1n) is 10.9. The van der Waals surface area contributed by atoms with Crippen molar-refractivity contribution in [3.05, 3.63) is 93.0 Å². The molecule has 3 aromatic carbocycles. The molecule has 8 heteroatoms. The first-order valence-corrected chi connectivity index (χ1v) is 11.7. The first-order chi connectivity index (χ1) is 16.6. The van der Waals surface area contributed by atoms with Crippen molar-refractivity contribution in [3.63, 3.8) is 0 Å². The minimum absolute atomic E-state index is 0.0320. The van der Waals surface area contributed by atoms with Crippen molar-refractivity contribution < 1.29 is 24.5 Å². The SMILES string of the molecule is Cc1cc(/C(O)=C2/C(=O)C(=O)N(c3cccc(Cl)c3)C2c2ccc(O)c(Cl)c2)ccc1OC(C)C. The van der Waals surface area contributed by atoms with Gasteiger partial charge in [0.2, 0.25) is 0 Å². The third-order valence-corrected chi connectivity index (χ3v) is 6.17. The highest BCUT2D eigenvalue weighted by atomic mass is 35.5. The van der Waals surface area contributed by atoms with Crippen LogP contribution in [0.1, 0.15) is 36.6 Å². The molecule has 1 unspecified atom stereocenters. The number of carbonyl (C=O) groups is 2. The number of hydrogen-bond donors (Lipinski definition) is 2. The highest BCUT2D eigenvalue weighted by Crippen LogP contribution is 2.44. The summed E-state index contributed by atoms with van der Waals surface area (Å²) in [5, 5.41) is 21.6. The van der Waals surface area contributed by atoms with Crippen LogP contribution in [-0.4, -0.2) is 28.0 Å². The van der Waals surface area contributed by atoms with E-state index in [-0.39, 0.29) is 28.2 Å². The van der Waals surface area contributed by atoms with Crippen molar-refractivity contribution in [3.8, 4) is 11.5 Å². The average Bonchev–Trinajstić information content (AvgIpc) is 3.07. The smallest absolute Gasteiger partial charge is 0.300 e. The number of ketones is 1. The summed E-state index contributed by atoms with van der Waals surface area (Å²) in [4.78, 5) is 27.8. The summed E-state index contributed by atoms with van der Waals surface area (Å²) < 4.78 is 5.77. The number of aliphatic hydroxyl groups excluding tert-OH is 1. The van der Waals surface area contributed by atoms with Crippen molar-refractivity contribution in [1.82, 2.24) is 0 Å². The second-order valence-electron chi connectivity index (χ2n) is 8.51. The Hall–Kier alpha value is -3.48. The molecule has 4 rings (SSSR count). The number of carbonyl (C=O) groups excluding carboxylic acids is 2. The summed E-state index contributed by atoms with van der Waals surface area (Å²) in [5.41, 5.74) is 1.83. The predicted molar refractivity (Wildman–Crippen MR) is 136 cm³/mol. The molecule has 1 saturated heterocycles. The molecule has 1 heterocycles. The highest BCUT2D eigenvalue weighted by molar-refractivity contribution is 6.52. The summed E-state index contributed by atoms with van der Waals surface area (Å²) in [5.74, 6) is -1.50. The molecular formula is C27H23Cl2NO5. The number of ether oxygens (including phenoxy) is 1. The zero-order valence-electron chi connectivity index (χ0n) is 19.3. The molecule has 1 aliphatic rings. The van der Waals surface area contributed by atoms with Gasteiger partial charge in [0.15, 0.2) is 0 Å². The number of rotatable bonds is 5. The largest absolute Gasteiger partial charge is 0.507 e. The summed E-state index contributed by atoms with van der Waals surface area (Å²) in [7, 11) is 0. The molecule has 0 bridgehead atoms. The van der Waals surface area contributed by atoms with Gasteiger partial charge in [0, 0.05) is 16.3 Å². The van der Waals surface area contributed by atoms with Crippen molar-refractivity contribution >= 4 is 46.3 Å². The van der Waals surface area contributed by atoms with Crippen LogP contribution in [0.2, 0.25) is 10.0 Å². The van der Waals surface area contributed by atoms with Gasteiger partial charge in [0.25, 0.3) is 11.7 Å². The lowest BCUT2D eigenvalue weighted by molar-refractivity contribution is -0.132. The molecule has 0 aromatic heterocycles. The number of hydrogen-bond acceptors (Lipinski definition) is 5. The molecule has 2 N–H and O–H groups in total. The summed E-state index contributed by atoms with van der Waals surface area (Å²) in [6, 6.07) is 14.9. The number of benzene rings is 3. The second-order valence-corrected chi connectivity index (χ2v) is 9.35. The molecule has 0 spiro atoms. The minimum atomic E-state index is -1.00. The van der Waals surface area contributed by atoms with Crippen LogP contribution >= 0.6 is 23.2 Å². The van der Waals surface area contributed by atoms with Crippen LogP contribution in [0.4, 0.5) is 5.69 Å². The van der Waals surface area contributed by atoms with Gasteiger partial charge in [-0.2, -0.15) is 0 Å². The van der Waals surface area contributed by atoms with E-state index in [1.54, 1.807) is 48.5 Å². The summed E-state index contributed by atoms with van der Waals surface area (Å²) in [6.45, 7) is 5.65. The molecule has 3 aromatic rings. The quantitative estimate of drug-likeness (QED) is 0.234. The lowest BCUT2D eigenvalue weighted by atomic mass is 9.94. The Morgan fingerprint density at radius 3 is 2.40 bits per heavy atom. The third-order valence-electron chi connectivity index (χ3n) is 5.63. The number of aliphatic hydroxyl groups is 1. The molecule has 0 radical (unpaired) electrons. The number of aryl methyl sites for hydroxylation is 1. The molecule has 6 nitrogen and oxygen atoms in total. The van der Waals surface area contributed by atoms with Gasteiger partial charge in [-0.1, -0.05) is 35.3 Å². The molecule has 1 aliphatic heterocycles. The molecule has 0 aliphatic carbocycles. The van der Waals surface area contributed by atoms with E-state index in [9.17, 15) is 19.8 Å². The van der Waals surface area contributed by atoms with E-state index >= 15 is 0 Å². The Bertz CT molecular complexity index is 1370. The van der Waals surface area contributed by atoms with E-state index in [1.165, 1.54) is 17.0 Å². The van der Waals surface area contributed by atoms with Gasteiger partial charge in [0.05, 0.1) is 22.7 Å². The Morgan fingerprint density at radius 1 is 1.03 bits per heavy atom. The molecule has 1 amide bonds. The number of Topliss-reactive ketones (excluding diaryl/α,β-unsaturated/α-hetero) is 1. The van der Waals surface area contributed by atoms with Crippen LogP contribution in [0.3, 0.4) is 0 Å². The van der Waals surface area contributed by atoms with E-state index in [0.717, 1.165) is 5.56 Å². The maximum absolute atomic E-state index is 13.3. The lowest BCUT2D eigenvalue weighted by Gasteiger charge is -2.26. The molecule has 1 fully saturated rings. The molecule has 1 atom stereocenters. The summed E-state index contributed by atoms with van der Waals surface area (Å²) >= 11 is 12.3. The van der Waals surface area contributed by atoms with Crippen molar-refractivity contribution in [2.75, 3.05) is 4.90 Å². The van der Waals surface area contributed by atoms with Crippen LogP contribution in [0.15, 0.2) is 66.2 Å². The highest BCUT2D eigenvalue weighted by Gasteiger charge is 2.47. The number of phenolic OH excluding ortho intramolecular Hbond substituents is 1. The Balaban J connectivity index is 1.92. The number of halogens is 2. The van der Waals surface area contributed by atoms with Gasteiger partial charge in [-0.05, 0) is 80.4 Å². The van der Waals surface area contributed by atoms with Crippen molar-refractivity contribution in [2.24, 2.45) is 0 Å². The van der Waals surface area contributed by atoms with Gasteiger partial charge >= 0.3 is 0 Å². The Morgan fingerprint density at radius 2 is 1.77 bits per heavy atom. The molecule has 180 valence electrons. The van der Waals surface area contributed by atoms with Crippen molar-refractivity contribution in [1.29, 1.82) is 0 Å². The van der Waals surface area contributed by atoms with Crippen LogP contribution in [0, 0.1) is 6.92 Å². The first kappa shape index (κ1) is 24.6. The number of aromatic hydroxyl groups is 1. The van der Waals surface area contributed by atoms with E-state index in [2.05, 4.69) is 0 Å². The zero-order chi connectivity index (χ0) is 25.4. The van der Waals surface area contributed by atoms with Crippen LogP contribution in [-0.2, 0) is 9.59 Å². The van der Waals surface area contributed by atoms with Gasteiger partial charge in [0.1, 0.15) is 17.3 Å². The normalized spacial score (nSPS) is 17.3. The van der Waals surface area contributed by atoms with Crippen LogP contribution in [0.5, 0.6) is 11.5 Å². The fourth-order valence-corrected chi connectivity index (χ4v) is 4.45. The molecule has 0 saturated carbocycles. The number of anilines is 1. The molecular weight excluding hydrogens is 489 g/mol. The number of amides is 1. The van der Waals surface area contributed by atoms with Gasteiger partial charge < -0.3 is 14.9 Å². The topological polar surface area (TPSA) is 87.1 Å². The van der Waals surface area contributed by atoms with Gasteiger partial charge in [-0.25, -0.2) is 0 Å². The standard InChI is InChI=1S/C27H23Cl2NO5/c1-14(2)35-22-10-8-17(11-15(22)3)25(32)23-24(16-7-9-21(31)20(29)12-16)30(27(34)26(23)33)19-6-4-5-18(28)13-19/h4-14,24,31-32H,1-3H3/b25-23-. The van der Waals surface area contributed by atoms with Crippen LogP contribution < -0.4 is 9.64 Å². The minimum Gasteiger partial charge on any atom is -0.507 e. The van der Waals surface area contributed by atoms with E-state index < -0.39 is 17.7 Å². The molecule has 35 heavy (non-hydrogen) atoms. The fourth-order valence-electron chi connectivity index (χ4n) is 4.07. The van der Waals surface area contributed by atoms with Crippen LogP contribution in [0.25, 0.3) is 5.76 Å². The average molecular weight is 512 g/mol. The van der Waals surface area contributed by atoms with E-state index in [0.29, 0.717) is 27.6 Å². The monoisotopic (exact) mass is 511 g/mol. The summed E-state index contributed by atoms with van der Waals surface area (Å²) in [6.07, 6.45) is -0.0320. The maximum Gasteiger partial charge on any atom is 0.300 e. The van der Waals surface area contributed by atoms with Gasteiger partial charge in [-0.3, -0.25) is 14.5 Å². The second kappa shape index (κ2) is 9.64. The number of nitrogens with zero attached hydrogens (tertiary/aromatic N) is 1. The van der Waals surface area contributed by atoms with E-state index in [1.807, 2.05) is 20.8 Å². The third kappa shape index (κ3) is 4.72. The Labute approximate surface area is 213 Å². The number of phenols is 1. The Kier molecular flexibility index (Phi) is 6.79. The predicted octanol–water partition coefficient (Wildman–Crippen LogP) is 6.42. The maximum atomic E-state index is 13.3. The zero-order valence-corrected chi connectivity index (χ0v) is 20.8.